The van der Waals surface area contributed by atoms with Crippen molar-refractivity contribution in [3.63, 3.8) is 0 Å². The van der Waals surface area contributed by atoms with Gasteiger partial charge in [0.1, 0.15) is 17.4 Å². The van der Waals surface area contributed by atoms with Crippen LogP contribution < -0.4 is 20.5 Å². The average molecular weight is 438 g/mol. The Bertz CT molecular complexity index is 1240. The number of hydrogen-bond donors (Lipinski definition) is 1. The predicted octanol–water partition coefficient (Wildman–Crippen LogP) is 2.02. The van der Waals surface area contributed by atoms with E-state index in [1.807, 2.05) is 0 Å². The Kier molecular flexibility index (Phi) is 5.89. The third-order valence-corrected chi connectivity index (χ3v) is 5.62. The van der Waals surface area contributed by atoms with Gasteiger partial charge in [0.15, 0.2) is 0 Å². The number of amides is 2. The molecule has 4 rings (SSSR count). The first-order chi connectivity index (χ1) is 15.4. The third kappa shape index (κ3) is 4.18. The molecule has 0 unspecified atom stereocenters. The van der Waals surface area contributed by atoms with E-state index in [1.54, 1.807) is 43.2 Å². The molecule has 1 aliphatic rings. The molecule has 2 amide bonds. The van der Waals surface area contributed by atoms with Gasteiger partial charge in [-0.2, -0.15) is 0 Å². The molecule has 0 bridgehead atoms. The molecule has 32 heavy (non-hydrogen) atoms. The SMILES string of the molecule is COc1ccc(N2C[C@H](C(=O)NCCn3c(C)nc4ccc(F)cc4c3=O)CC2=O)cc1. The summed E-state index contributed by atoms with van der Waals surface area (Å²) >= 11 is 0. The number of carbonyl (C=O) groups is 2. The Morgan fingerprint density at radius 1 is 1.22 bits per heavy atom. The van der Waals surface area contributed by atoms with Crippen LogP contribution in [0.2, 0.25) is 0 Å². The Balaban J connectivity index is 1.39. The molecular formula is C23H23FN4O4. The van der Waals surface area contributed by atoms with Crippen molar-refractivity contribution in [2.24, 2.45) is 5.92 Å². The molecule has 1 fully saturated rings. The number of benzene rings is 2. The van der Waals surface area contributed by atoms with E-state index in [2.05, 4.69) is 10.3 Å². The molecule has 0 spiro atoms. The van der Waals surface area contributed by atoms with Crippen molar-refractivity contribution in [3.8, 4) is 5.75 Å². The number of ether oxygens (including phenoxy) is 1. The highest BCUT2D eigenvalue weighted by atomic mass is 19.1. The van der Waals surface area contributed by atoms with E-state index < -0.39 is 11.7 Å². The Morgan fingerprint density at radius 2 is 1.97 bits per heavy atom. The van der Waals surface area contributed by atoms with Crippen LogP contribution in [0.15, 0.2) is 47.3 Å². The maximum absolute atomic E-state index is 13.5. The molecule has 1 atom stereocenters. The molecule has 1 aliphatic heterocycles. The van der Waals surface area contributed by atoms with Gasteiger partial charge in [0, 0.05) is 31.7 Å². The van der Waals surface area contributed by atoms with Crippen LogP contribution in [0.25, 0.3) is 10.9 Å². The van der Waals surface area contributed by atoms with Crippen molar-refractivity contribution in [3.05, 3.63) is 64.5 Å². The largest absolute Gasteiger partial charge is 0.497 e. The van der Waals surface area contributed by atoms with Crippen LogP contribution in [0, 0.1) is 18.7 Å². The molecule has 0 radical (unpaired) electrons. The Hall–Kier alpha value is -3.75. The minimum Gasteiger partial charge on any atom is -0.497 e. The first kappa shape index (κ1) is 21.5. The zero-order valence-corrected chi connectivity index (χ0v) is 17.8. The van der Waals surface area contributed by atoms with Gasteiger partial charge in [-0.1, -0.05) is 0 Å². The van der Waals surface area contributed by atoms with E-state index in [0.29, 0.717) is 22.8 Å². The lowest BCUT2D eigenvalue weighted by Crippen LogP contribution is -2.36. The van der Waals surface area contributed by atoms with Gasteiger partial charge in [-0.15, -0.1) is 0 Å². The van der Waals surface area contributed by atoms with Crippen LogP contribution >= 0.6 is 0 Å². The molecule has 3 aromatic rings. The van der Waals surface area contributed by atoms with Crippen molar-refractivity contribution in [1.29, 1.82) is 0 Å². The number of rotatable bonds is 6. The number of aromatic nitrogens is 2. The van der Waals surface area contributed by atoms with Gasteiger partial charge < -0.3 is 15.0 Å². The van der Waals surface area contributed by atoms with Crippen molar-refractivity contribution >= 4 is 28.4 Å². The molecule has 0 saturated carbocycles. The fraction of sp³-hybridized carbons (Fsp3) is 0.304. The smallest absolute Gasteiger partial charge is 0.261 e. The maximum atomic E-state index is 13.5. The summed E-state index contributed by atoms with van der Waals surface area (Å²) in [4.78, 5) is 43.7. The van der Waals surface area contributed by atoms with Crippen molar-refractivity contribution in [2.45, 2.75) is 19.9 Å². The molecule has 8 nitrogen and oxygen atoms in total. The number of fused-ring (bicyclic) bond motifs is 1. The second kappa shape index (κ2) is 8.78. The molecule has 1 aromatic heterocycles. The van der Waals surface area contributed by atoms with Gasteiger partial charge in [0.25, 0.3) is 5.56 Å². The summed E-state index contributed by atoms with van der Waals surface area (Å²) in [5.74, 6) is -0.196. The van der Waals surface area contributed by atoms with Crippen molar-refractivity contribution in [2.75, 3.05) is 25.1 Å². The van der Waals surface area contributed by atoms with Crippen LogP contribution in [0.5, 0.6) is 5.75 Å². The summed E-state index contributed by atoms with van der Waals surface area (Å²) in [7, 11) is 1.57. The molecule has 1 saturated heterocycles. The standard InChI is InChI=1S/C23H23FN4O4/c1-14-26-20-8-3-16(24)12-19(20)23(31)27(14)10-9-25-22(30)15-11-21(29)28(13-15)17-4-6-18(32-2)7-5-17/h3-8,12,15H,9-11,13H2,1-2H3,(H,25,30)/t15-/m1/s1. The highest BCUT2D eigenvalue weighted by Crippen LogP contribution is 2.26. The highest BCUT2D eigenvalue weighted by molar-refractivity contribution is 6.00. The Labute approximate surface area is 183 Å². The minimum atomic E-state index is -0.507. The summed E-state index contributed by atoms with van der Waals surface area (Å²) in [5.41, 5.74) is 0.781. The van der Waals surface area contributed by atoms with Gasteiger partial charge in [0.2, 0.25) is 11.8 Å². The number of aryl methyl sites for hydroxylation is 1. The topological polar surface area (TPSA) is 93.5 Å². The third-order valence-electron chi connectivity index (χ3n) is 5.62. The van der Waals surface area contributed by atoms with Gasteiger partial charge >= 0.3 is 0 Å². The fourth-order valence-corrected chi connectivity index (χ4v) is 3.90. The number of halogens is 1. The first-order valence-electron chi connectivity index (χ1n) is 10.3. The predicted molar refractivity (Wildman–Crippen MR) is 117 cm³/mol. The monoisotopic (exact) mass is 438 g/mol. The molecular weight excluding hydrogens is 415 g/mol. The quantitative estimate of drug-likeness (QED) is 0.636. The second-order valence-corrected chi connectivity index (χ2v) is 7.67. The summed E-state index contributed by atoms with van der Waals surface area (Å²) in [6.45, 7) is 2.36. The Morgan fingerprint density at radius 3 is 2.69 bits per heavy atom. The van der Waals surface area contributed by atoms with E-state index in [1.165, 1.54) is 16.7 Å². The maximum Gasteiger partial charge on any atom is 0.261 e. The second-order valence-electron chi connectivity index (χ2n) is 7.67. The summed E-state index contributed by atoms with van der Waals surface area (Å²) in [5, 5.41) is 2.99. The van der Waals surface area contributed by atoms with E-state index in [0.717, 1.165) is 6.07 Å². The number of hydrogen-bond acceptors (Lipinski definition) is 5. The highest BCUT2D eigenvalue weighted by Gasteiger charge is 2.35. The van der Waals surface area contributed by atoms with Crippen LogP contribution in [0.4, 0.5) is 10.1 Å². The molecule has 166 valence electrons. The van der Waals surface area contributed by atoms with Crippen molar-refractivity contribution in [1.82, 2.24) is 14.9 Å². The zero-order valence-electron chi connectivity index (χ0n) is 17.8. The van der Waals surface area contributed by atoms with Crippen LogP contribution in [0.3, 0.4) is 0 Å². The molecule has 1 N–H and O–H groups in total. The van der Waals surface area contributed by atoms with Gasteiger partial charge in [-0.05, 0) is 49.4 Å². The number of nitrogens with zero attached hydrogens (tertiary/aromatic N) is 3. The summed E-state index contributed by atoms with van der Waals surface area (Å²) < 4.78 is 20.1. The average Bonchev–Trinajstić information content (AvgIpc) is 3.18. The summed E-state index contributed by atoms with van der Waals surface area (Å²) in [6, 6.07) is 11.0. The first-order valence-corrected chi connectivity index (χ1v) is 10.3. The molecule has 9 heteroatoms. The molecule has 2 heterocycles. The van der Waals surface area contributed by atoms with Crippen LogP contribution in [-0.2, 0) is 16.1 Å². The molecule has 2 aromatic carbocycles. The van der Waals surface area contributed by atoms with Crippen LogP contribution in [0.1, 0.15) is 12.2 Å². The minimum absolute atomic E-state index is 0.119. The lowest BCUT2D eigenvalue weighted by atomic mass is 10.1. The number of anilines is 1. The van der Waals surface area contributed by atoms with Gasteiger partial charge in [-0.3, -0.25) is 19.0 Å². The normalized spacial score (nSPS) is 15.9. The van der Waals surface area contributed by atoms with E-state index in [9.17, 15) is 18.8 Å². The van der Waals surface area contributed by atoms with E-state index in [4.69, 9.17) is 4.74 Å². The lowest BCUT2D eigenvalue weighted by Gasteiger charge is -2.17. The fourth-order valence-electron chi connectivity index (χ4n) is 3.90. The van der Waals surface area contributed by atoms with Gasteiger partial charge in [-0.25, -0.2) is 9.37 Å². The molecule has 0 aliphatic carbocycles. The lowest BCUT2D eigenvalue weighted by molar-refractivity contribution is -0.126. The van der Waals surface area contributed by atoms with E-state index >= 15 is 0 Å². The zero-order chi connectivity index (χ0) is 22.8. The number of methoxy groups -OCH3 is 1. The van der Waals surface area contributed by atoms with E-state index in [-0.39, 0.29) is 48.8 Å². The van der Waals surface area contributed by atoms with Gasteiger partial charge in [0.05, 0.1) is 23.9 Å². The number of nitrogens with one attached hydrogen (secondary N) is 1. The summed E-state index contributed by atoms with van der Waals surface area (Å²) in [6.07, 6.45) is 0.119. The van der Waals surface area contributed by atoms with Crippen molar-refractivity contribution < 1.29 is 18.7 Å². The number of carbonyl (C=O) groups excluding carboxylic acids is 2. The van der Waals surface area contributed by atoms with Crippen LogP contribution in [-0.4, -0.2) is 41.6 Å².